The van der Waals surface area contributed by atoms with Crippen molar-refractivity contribution in [2.75, 3.05) is 6.26 Å². The van der Waals surface area contributed by atoms with Gasteiger partial charge in [-0.25, -0.2) is 0 Å². The Morgan fingerprint density at radius 2 is 2.00 bits per heavy atom. The molecule has 0 atom stereocenters. The first-order valence-electron chi connectivity index (χ1n) is 4.35. The van der Waals surface area contributed by atoms with Gasteiger partial charge in [-0.2, -0.15) is 11.8 Å². The van der Waals surface area contributed by atoms with E-state index in [0.717, 1.165) is 25.7 Å². The van der Waals surface area contributed by atoms with E-state index in [0.29, 0.717) is 5.25 Å². The smallest absolute Gasteiger partial charge is 0.309 e. The van der Waals surface area contributed by atoms with Crippen LogP contribution >= 0.6 is 11.8 Å². The van der Waals surface area contributed by atoms with E-state index >= 15 is 0 Å². The summed E-state index contributed by atoms with van der Waals surface area (Å²) in [6, 6.07) is 0. The molecule has 0 unspecified atom stereocenters. The van der Waals surface area contributed by atoms with E-state index < -0.39 is 11.4 Å². The van der Waals surface area contributed by atoms with Crippen LogP contribution < -0.4 is 0 Å². The fraction of sp³-hybridized carbons (Fsp3) is 0.889. The number of carboxylic acids is 1. The molecule has 1 saturated carbocycles. The highest BCUT2D eigenvalue weighted by molar-refractivity contribution is 7.99. The van der Waals surface area contributed by atoms with Crippen LogP contribution in [0.25, 0.3) is 0 Å². The maximum atomic E-state index is 10.9. The van der Waals surface area contributed by atoms with Crippen LogP contribution in [0.15, 0.2) is 0 Å². The summed E-state index contributed by atoms with van der Waals surface area (Å²) < 4.78 is 0. The average molecular weight is 188 g/mol. The molecule has 3 heteroatoms. The Morgan fingerprint density at radius 1 is 1.50 bits per heavy atom. The second kappa shape index (κ2) is 3.69. The number of hydrogen-bond acceptors (Lipinski definition) is 2. The molecule has 2 nitrogen and oxygen atoms in total. The lowest BCUT2D eigenvalue weighted by Crippen LogP contribution is -2.33. The molecule has 70 valence electrons. The standard InChI is InChI=1S/C9H16O2S/c1-9(8(10)11)5-3-7(12-2)4-6-9/h7H,3-6H2,1-2H3,(H,10,11). The second-order valence-electron chi connectivity index (χ2n) is 3.80. The summed E-state index contributed by atoms with van der Waals surface area (Å²) in [4.78, 5) is 10.9. The van der Waals surface area contributed by atoms with E-state index in [1.807, 2.05) is 18.7 Å². The van der Waals surface area contributed by atoms with Gasteiger partial charge in [-0.05, 0) is 38.9 Å². The zero-order chi connectivity index (χ0) is 9.19. The molecule has 0 bridgehead atoms. The van der Waals surface area contributed by atoms with Crippen molar-refractivity contribution in [2.45, 2.75) is 37.9 Å². The molecule has 0 spiro atoms. The molecule has 0 radical (unpaired) electrons. The van der Waals surface area contributed by atoms with Crippen molar-refractivity contribution in [1.29, 1.82) is 0 Å². The zero-order valence-electron chi connectivity index (χ0n) is 7.67. The number of thioether (sulfide) groups is 1. The predicted molar refractivity (Wildman–Crippen MR) is 51.5 cm³/mol. The molecular weight excluding hydrogens is 172 g/mol. The zero-order valence-corrected chi connectivity index (χ0v) is 8.49. The Balaban J connectivity index is 2.49. The molecule has 1 fully saturated rings. The second-order valence-corrected chi connectivity index (χ2v) is 4.94. The molecule has 0 saturated heterocycles. The number of rotatable bonds is 2. The van der Waals surface area contributed by atoms with E-state index in [9.17, 15) is 4.79 Å². The summed E-state index contributed by atoms with van der Waals surface area (Å²) in [7, 11) is 0. The average Bonchev–Trinajstić information content (AvgIpc) is 2.06. The molecule has 1 rings (SSSR count). The Hall–Kier alpha value is -0.180. The third-order valence-electron chi connectivity index (χ3n) is 2.89. The first-order chi connectivity index (χ1) is 5.58. The van der Waals surface area contributed by atoms with Crippen molar-refractivity contribution in [3.05, 3.63) is 0 Å². The van der Waals surface area contributed by atoms with Crippen LogP contribution in [0.2, 0.25) is 0 Å². The van der Waals surface area contributed by atoms with Gasteiger partial charge in [0.1, 0.15) is 0 Å². The van der Waals surface area contributed by atoms with Gasteiger partial charge in [0.25, 0.3) is 0 Å². The van der Waals surface area contributed by atoms with Gasteiger partial charge >= 0.3 is 5.97 Å². The number of carboxylic acid groups (broad SMARTS) is 1. The fourth-order valence-corrected chi connectivity index (χ4v) is 2.39. The maximum absolute atomic E-state index is 10.9. The van der Waals surface area contributed by atoms with Crippen LogP contribution in [0.3, 0.4) is 0 Å². The van der Waals surface area contributed by atoms with Crippen LogP contribution in [-0.4, -0.2) is 22.6 Å². The largest absolute Gasteiger partial charge is 0.481 e. The normalized spacial score (nSPS) is 36.3. The molecule has 0 heterocycles. The molecule has 1 N–H and O–H groups in total. The SMILES string of the molecule is CSC1CCC(C)(C(=O)O)CC1. The quantitative estimate of drug-likeness (QED) is 0.723. The minimum atomic E-state index is -0.623. The Kier molecular flexibility index (Phi) is 3.04. The molecule has 0 aromatic carbocycles. The molecule has 0 aromatic rings. The summed E-state index contributed by atoms with van der Waals surface area (Å²) in [6.45, 7) is 1.87. The van der Waals surface area contributed by atoms with Crippen LogP contribution in [0.5, 0.6) is 0 Å². The highest BCUT2D eigenvalue weighted by Crippen LogP contribution is 2.39. The van der Waals surface area contributed by atoms with E-state index in [1.54, 1.807) is 0 Å². The monoisotopic (exact) mass is 188 g/mol. The highest BCUT2D eigenvalue weighted by Gasteiger charge is 2.37. The number of aliphatic carboxylic acids is 1. The van der Waals surface area contributed by atoms with E-state index in [-0.39, 0.29) is 0 Å². The van der Waals surface area contributed by atoms with E-state index in [2.05, 4.69) is 6.26 Å². The first kappa shape index (κ1) is 9.90. The molecule has 1 aliphatic rings. The van der Waals surface area contributed by atoms with Gasteiger partial charge in [-0.1, -0.05) is 0 Å². The summed E-state index contributed by atoms with van der Waals surface area (Å²) in [6.07, 6.45) is 5.91. The Labute approximate surface area is 77.7 Å². The molecule has 0 aromatic heterocycles. The molecule has 0 aliphatic heterocycles. The van der Waals surface area contributed by atoms with Crippen LogP contribution in [0.4, 0.5) is 0 Å². The van der Waals surface area contributed by atoms with Crippen molar-refractivity contribution >= 4 is 17.7 Å². The summed E-state index contributed by atoms with van der Waals surface area (Å²) in [5, 5.41) is 9.64. The van der Waals surface area contributed by atoms with Crippen LogP contribution in [0, 0.1) is 5.41 Å². The number of carbonyl (C=O) groups is 1. The van der Waals surface area contributed by atoms with Crippen molar-refractivity contribution < 1.29 is 9.90 Å². The molecule has 1 aliphatic carbocycles. The van der Waals surface area contributed by atoms with E-state index in [1.165, 1.54) is 0 Å². The maximum Gasteiger partial charge on any atom is 0.309 e. The minimum absolute atomic E-state index is 0.438. The lowest BCUT2D eigenvalue weighted by molar-refractivity contribution is -0.149. The predicted octanol–water partition coefficient (Wildman–Crippen LogP) is 2.38. The van der Waals surface area contributed by atoms with Gasteiger partial charge in [0, 0.05) is 5.25 Å². The molecular formula is C9H16O2S. The van der Waals surface area contributed by atoms with Crippen molar-refractivity contribution in [1.82, 2.24) is 0 Å². The highest BCUT2D eigenvalue weighted by atomic mass is 32.2. The molecule has 12 heavy (non-hydrogen) atoms. The summed E-state index contributed by atoms with van der Waals surface area (Å²) in [5.74, 6) is -0.623. The summed E-state index contributed by atoms with van der Waals surface area (Å²) >= 11 is 1.87. The Morgan fingerprint density at radius 3 is 2.33 bits per heavy atom. The van der Waals surface area contributed by atoms with E-state index in [4.69, 9.17) is 5.11 Å². The lowest BCUT2D eigenvalue weighted by atomic mass is 9.76. The van der Waals surface area contributed by atoms with Crippen molar-refractivity contribution in [2.24, 2.45) is 5.41 Å². The fourth-order valence-electron chi connectivity index (χ4n) is 1.68. The topological polar surface area (TPSA) is 37.3 Å². The van der Waals surface area contributed by atoms with Crippen LogP contribution in [-0.2, 0) is 4.79 Å². The first-order valence-corrected chi connectivity index (χ1v) is 5.63. The van der Waals surface area contributed by atoms with Crippen molar-refractivity contribution in [3.8, 4) is 0 Å². The van der Waals surface area contributed by atoms with Crippen LogP contribution in [0.1, 0.15) is 32.6 Å². The van der Waals surface area contributed by atoms with Crippen molar-refractivity contribution in [3.63, 3.8) is 0 Å². The van der Waals surface area contributed by atoms with Gasteiger partial charge < -0.3 is 5.11 Å². The minimum Gasteiger partial charge on any atom is -0.481 e. The van der Waals surface area contributed by atoms with Gasteiger partial charge in [0.2, 0.25) is 0 Å². The van der Waals surface area contributed by atoms with Gasteiger partial charge in [0.05, 0.1) is 5.41 Å². The third kappa shape index (κ3) is 1.94. The number of hydrogen-bond donors (Lipinski definition) is 1. The van der Waals surface area contributed by atoms with Gasteiger partial charge in [-0.3, -0.25) is 4.79 Å². The Bertz CT molecular complexity index is 171. The molecule has 0 amide bonds. The lowest BCUT2D eigenvalue weighted by Gasteiger charge is -2.32. The third-order valence-corrected chi connectivity index (χ3v) is 4.02. The van der Waals surface area contributed by atoms with Gasteiger partial charge in [0.15, 0.2) is 0 Å². The summed E-state index contributed by atoms with van der Waals surface area (Å²) in [5.41, 5.74) is -0.438. The van der Waals surface area contributed by atoms with Gasteiger partial charge in [-0.15, -0.1) is 0 Å².